The first-order valence-electron chi connectivity index (χ1n) is 13.8. The quantitative estimate of drug-likeness (QED) is 0.128. The Morgan fingerprint density at radius 1 is 0.714 bits per heavy atom. The average molecular weight is 607 g/mol. The highest BCUT2D eigenvalue weighted by atomic mass is 35.5. The Morgan fingerprint density at radius 3 is 1.60 bits per heavy atom. The Balaban J connectivity index is 1.52. The van der Waals surface area contributed by atoms with E-state index in [1.54, 1.807) is 7.11 Å². The molecule has 0 aliphatic heterocycles. The number of methoxy groups -OCH3 is 1. The van der Waals surface area contributed by atoms with Gasteiger partial charge in [-0.1, -0.05) is 72.8 Å². The van der Waals surface area contributed by atoms with Crippen molar-refractivity contribution in [1.82, 2.24) is 0 Å². The number of esters is 1. The molecule has 42 heavy (non-hydrogen) atoms. The van der Waals surface area contributed by atoms with Crippen LogP contribution in [-0.4, -0.2) is 56.8 Å². The maximum Gasteiger partial charge on any atom is 0.320 e. The lowest BCUT2D eigenvalue weighted by atomic mass is 9.68. The van der Waals surface area contributed by atoms with Gasteiger partial charge in [0, 0.05) is 7.11 Å². The first kappa shape index (κ1) is 29.9. The van der Waals surface area contributed by atoms with Crippen molar-refractivity contribution in [2.75, 3.05) is 38.6 Å². The van der Waals surface area contributed by atoms with Gasteiger partial charge in [0.05, 0.1) is 23.7 Å². The molecule has 4 aromatic carbocycles. The van der Waals surface area contributed by atoms with Gasteiger partial charge in [-0.2, -0.15) is 0 Å². The van der Waals surface area contributed by atoms with E-state index in [9.17, 15) is 4.79 Å². The Bertz CT molecular complexity index is 1440. The van der Waals surface area contributed by atoms with Crippen LogP contribution in [0.5, 0.6) is 11.5 Å². The smallest absolute Gasteiger partial charge is 0.320 e. The van der Waals surface area contributed by atoms with E-state index in [-0.39, 0.29) is 25.1 Å². The van der Waals surface area contributed by atoms with Gasteiger partial charge in [-0.05, 0) is 57.6 Å². The number of ether oxygens (including phenoxy) is 4. The van der Waals surface area contributed by atoms with Crippen molar-refractivity contribution in [3.63, 3.8) is 0 Å². The lowest BCUT2D eigenvalue weighted by molar-refractivity contribution is -0.147. The van der Waals surface area contributed by atoms with Gasteiger partial charge >= 0.3 is 5.97 Å². The molecule has 5 rings (SSSR count). The third kappa shape index (κ3) is 5.86. The molecule has 218 valence electrons. The normalized spacial score (nSPS) is 14.4. The zero-order valence-electron chi connectivity index (χ0n) is 23.3. The summed E-state index contributed by atoms with van der Waals surface area (Å²) < 4.78 is 22.5. The minimum absolute atomic E-state index is 0.109. The summed E-state index contributed by atoms with van der Waals surface area (Å²) in [5, 5.41) is 0. The number of carbonyl (C=O) groups is 1. The summed E-state index contributed by atoms with van der Waals surface area (Å²) in [5.41, 5.74) is 11.8. The number of fused-ring (bicyclic) bond motifs is 3. The second-order valence-electron chi connectivity index (χ2n) is 9.99. The van der Waals surface area contributed by atoms with Crippen LogP contribution in [0, 0.1) is 0 Å². The number of hydrogen-bond acceptors (Lipinski definition) is 6. The molecule has 0 saturated carbocycles. The van der Waals surface area contributed by atoms with Gasteiger partial charge in [0.25, 0.3) is 0 Å². The van der Waals surface area contributed by atoms with Crippen LogP contribution in [0.3, 0.4) is 0 Å². The molecule has 0 aromatic heterocycles. The zero-order chi connectivity index (χ0) is 29.5. The number of benzene rings is 4. The molecular weight excluding hydrogens is 573 g/mol. The van der Waals surface area contributed by atoms with Crippen LogP contribution < -0.4 is 15.2 Å². The number of halogens is 2. The lowest BCUT2D eigenvalue weighted by Crippen LogP contribution is -2.30. The molecule has 0 saturated heterocycles. The van der Waals surface area contributed by atoms with Crippen molar-refractivity contribution in [2.24, 2.45) is 5.73 Å². The molecule has 0 heterocycles. The molecule has 1 aliphatic carbocycles. The summed E-state index contributed by atoms with van der Waals surface area (Å²) >= 11 is 11.9. The van der Waals surface area contributed by atoms with E-state index >= 15 is 0 Å². The molecule has 0 spiro atoms. The van der Waals surface area contributed by atoms with Crippen LogP contribution in [0.15, 0.2) is 97.1 Å². The summed E-state index contributed by atoms with van der Waals surface area (Å²) in [6, 6.07) is 33.4. The van der Waals surface area contributed by atoms with Gasteiger partial charge in [-0.3, -0.25) is 4.79 Å². The van der Waals surface area contributed by atoms with E-state index in [4.69, 9.17) is 47.9 Å². The summed E-state index contributed by atoms with van der Waals surface area (Å²) in [6.45, 7) is 0.287. The van der Waals surface area contributed by atoms with E-state index in [0.29, 0.717) is 18.2 Å². The van der Waals surface area contributed by atoms with Crippen molar-refractivity contribution in [1.29, 1.82) is 0 Å². The fourth-order valence-electron chi connectivity index (χ4n) is 5.52. The van der Waals surface area contributed by atoms with E-state index in [1.807, 2.05) is 24.3 Å². The Morgan fingerprint density at radius 2 is 1.17 bits per heavy atom. The maximum atomic E-state index is 11.6. The van der Waals surface area contributed by atoms with Crippen LogP contribution in [0.1, 0.15) is 22.3 Å². The molecule has 8 heteroatoms. The number of hydrogen-bond donors (Lipinski definition) is 1. The number of carbonyl (C=O) groups excluding carboxylic acids is 1. The van der Waals surface area contributed by atoms with Gasteiger partial charge in [0.2, 0.25) is 0 Å². The van der Waals surface area contributed by atoms with Crippen molar-refractivity contribution in [2.45, 2.75) is 17.6 Å². The van der Waals surface area contributed by atoms with E-state index in [0.717, 1.165) is 16.9 Å². The number of alkyl halides is 2. The van der Waals surface area contributed by atoms with Crippen molar-refractivity contribution in [3.05, 3.63) is 119 Å². The first-order valence-corrected chi connectivity index (χ1v) is 14.8. The predicted octanol–water partition coefficient (Wildman–Crippen LogP) is 6.17. The third-order valence-corrected chi connectivity index (χ3v) is 8.23. The highest BCUT2D eigenvalue weighted by molar-refractivity contribution is 6.18. The standard InChI is InChI=1S/C34H33Cl2NO5/c1-39-27(18-35)21-40-25-14-10-23(11-15-25)34(31-8-4-2-6-29(31)30-7-3-5-9-32(30)34)24-12-16-26(17-13-24)41-22-28(19-36)42-33(38)20-37/h2-17,27-28H,18-22,37H2,1H3. The summed E-state index contributed by atoms with van der Waals surface area (Å²) in [7, 11) is 1.63. The summed E-state index contributed by atoms with van der Waals surface area (Å²) in [6.07, 6.45) is -0.772. The maximum absolute atomic E-state index is 11.6. The van der Waals surface area contributed by atoms with E-state index in [1.165, 1.54) is 22.3 Å². The number of rotatable bonds is 13. The van der Waals surface area contributed by atoms with Crippen LogP contribution in [0.25, 0.3) is 11.1 Å². The molecule has 2 N–H and O–H groups in total. The highest BCUT2D eigenvalue weighted by Gasteiger charge is 2.45. The Kier molecular flexibility index (Phi) is 9.70. The highest BCUT2D eigenvalue weighted by Crippen LogP contribution is 2.56. The van der Waals surface area contributed by atoms with Crippen LogP contribution >= 0.6 is 23.2 Å². The Labute approximate surface area is 256 Å². The minimum Gasteiger partial charge on any atom is -0.491 e. The zero-order valence-corrected chi connectivity index (χ0v) is 24.8. The summed E-state index contributed by atoms with van der Waals surface area (Å²) in [4.78, 5) is 11.6. The van der Waals surface area contributed by atoms with Gasteiger partial charge in [0.1, 0.15) is 36.9 Å². The SMILES string of the molecule is COC(CCl)COc1ccc(C2(c3ccc(OCC(CCl)OC(=O)CN)cc3)c3ccccc3-c3ccccc32)cc1. The largest absolute Gasteiger partial charge is 0.491 e. The monoisotopic (exact) mass is 605 g/mol. The molecule has 2 unspecified atom stereocenters. The molecule has 0 bridgehead atoms. The van der Waals surface area contributed by atoms with E-state index < -0.39 is 17.5 Å². The second kappa shape index (κ2) is 13.6. The molecular formula is C34H33Cl2NO5. The fourth-order valence-corrected chi connectivity index (χ4v) is 5.89. The van der Waals surface area contributed by atoms with Crippen molar-refractivity contribution >= 4 is 29.2 Å². The molecule has 4 aromatic rings. The molecule has 0 amide bonds. The topological polar surface area (TPSA) is 80.0 Å². The fraction of sp³-hybridized carbons (Fsp3) is 0.265. The summed E-state index contributed by atoms with van der Waals surface area (Å²) in [5.74, 6) is 1.33. The lowest BCUT2D eigenvalue weighted by Gasteiger charge is -2.34. The molecule has 0 fully saturated rings. The Hall–Kier alpha value is -3.55. The van der Waals surface area contributed by atoms with Gasteiger partial charge < -0.3 is 24.7 Å². The molecule has 1 aliphatic rings. The van der Waals surface area contributed by atoms with Crippen LogP contribution in [0.4, 0.5) is 0 Å². The van der Waals surface area contributed by atoms with Crippen LogP contribution in [0.2, 0.25) is 0 Å². The molecule has 0 radical (unpaired) electrons. The van der Waals surface area contributed by atoms with Crippen LogP contribution in [-0.2, 0) is 19.7 Å². The van der Waals surface area contributed by atoms with Gasteiger partial charge in [0.15, 0.2) is 0 Å². The third-order valence-electron chi connectivity index (χ3n) is 7.54. The number of nitrogens with two attached hydrogens (primary N) is 1. The van der Waals surface area contributed by atoms with Gasteiger partial charge in [-0.25, -0.2) is 0 Å². The van der Waals surface area contributed by atoms with Gasteiger partial charge in [-0.15, -0.1) is 23.2 Å². The first-order chi connectivity index (χ1) is 20.5. The van der Waals surface area contributed by atoms with E-state index in [2.05, 4.69) is 72.8 Å². The molecule has 6 nitrogen and oxygen atoms in total. The second-order valence-corrected chi connectivity index (χ2v) is 10.6. The molecule has 2 atom stereocenters. The van der Waals surface area contributed by atoms with Crippen molar-refractivity contribution in [3.8, 4) is 22.6 Å². The average Bonchev–Trinajstić information content (AvgIpc) is 3.35. The predicted molar refractivity (Wildman–Crippen MR) is 166 cm³/mol. The minimum atomic E-state index is -0.591. The van der Waals surface area contributed by atoms with Crippen molar-refractivity contribution < 1.29 is 23.7 Å².